The molecule has 2 saturated heterocycles. The third-order valence-corrected chi connectivity index (χ3v) is 6.32. The molecular weight excluding hydrogens is 438 g/mol. The molecule has 0 amide bonds. The van der Waals surface area contributed by atoms with Crippen molar-refractivity contribution in [1.29, 1.82) is 0 Å². The van der Waals surface area contributed by atoms with Gasteiger partial charge in [0.1, 0.15) is 0 Å². The largest absolute Gasteiger partial charge is 0.628 e. The monoisotopic (exact) mass is 462 g/mol. The van der Waals surface area contributed by atoms with E-state index in [-0.39, 0.29) is 24.4 Å². The molecule has 0 saturated carbocycles. The minimum atomic E-state index is -0.943. The summed E-state index contributed by atoms with van der Waals surface area (Å²) in [5, 5.41) is 0. The zero-order valence-corrected chi connectivity index (χ0v) is 19.1. The van der Waals surface area contributed by atoms with Crippen LogP contribution in [0.1, 0.15) is 46.7 Å². The molecule has 0 spiro atoms. The molecule has 4 aromatic carbocycles. The first kappa shape index (κ1) is 22.3. The van der Waals surface area contributed by atoms with E-state index in [9.17, 15) is 0 Å². The van der Waals surface area contributed by atoms with Crippen LogP contribution in [0.25, 0.3) is 0 Å². The minimum absolute atomic E-state index is 0.320. The molecule has 6 rings (SSSR count). The highest BCUT2D eigenvalue weighted by Crippen LogP contribution is 2.44. The lowest BCUT2D eigenvalue weighted by atomic mass is 9.99. The second-order valence-electron chi connectivity index (χ2n) is 8.58. The fraction of sp³-hybridized carbons (Fsp3) is 0.143. The van der Waals surface area contributed by atoms with Crippen molar-refractivity contribution < 1.29 is 23.2 Å². The fourth-order valence-electron chi connectivity index (χ4n) is 4.63. The molecule has 4 aromatic rings. The van der Waals surface area contributed by atoms with Crippen LogP contribution in [0.2, 0.25) is 0 Å². The molecule has 0 bridgehead atoms. The molecule has 4 atom stereocenters. The minimum Gasteiger partial charge on any atom is -0.399 e. The number of benzene rings is 4. The van der Waals surface area contributed by atoms with Crippen LogP contribution in [0.4, 0.5) is 0 Å². The molecule has 0 aromatic heterocycles. The van der Waals surface area contributed by atoms with Crippen molar-refractivity contribution in [3.63, 3.8) is 0 Å². The second kappa shape index (κ2) is 10.2. The summed E-state index contributed by atoms with van der Waals surface area (Å²) in [5.74, 6) is 0. The molecule has 2 aliphatic rings. The van der Waals surface area contributed by atoms with E-state index in [1.165, 1.54) is 0 Å². The topological polar surface area (TPSA) is 46.2 Å². The van der Waals surface area contributed by atoms with E-state index in [1.54, 1.807) is 0 Å². The molecule has 0 unspecified atom stereocenters. The normalized spacial score (nSPS) is 24.1. The molecule has 5 nitrogen and oxygen atoms in total. The summed E-state index contributed by atoms with van der Waals surface area (Å²) in [6.07, 6.45) is -1.28. The molecule has 0 aliphatic carbocycles. The van der Waals surface area contributed by atoms with Gasteiger partial charge in [0, 0.05) is 0 Å². The maximum Gasteiger partial charge on any atom is 0.628 e. The second-order valence-corrected chi connectivity index (χ2v) is 8.58. The van der Waals surface area contributed by atoms with Crippen molar-refractivity contribution >= 4 is 14.6 Å². The van der Waals surface area contributed by atoms with Gasteiger partial charge in [0.25, 0.3) is 0 Å². The molecule has 2 fully saturated rings. The first-order valence-corrected chi connectivity index (χ1v) is 11.8. The Morgan fingerprint density at radius 2 is 0.600 bits per heavy atom. The van der Waals surface area contributed by atoms with Gasteiger partial charge in [-0.15, -0.1) is 0 Å². The Kier molecular flexibility index (Phi) is 6.49. The number of rotatable bonds is 6. The van der Waals surface area contributed by atoms with Gasteiger partial charge in [-0.05, 0) is 22.3 Å². The van der Waals surface area contributed by atoms with Gasteiger partial charge in [0.05, 0.1) is 24.4 Å². The van der Waals surface area contributed by atoms with Gasteiger partial charge < -0.3 is 23.2 Å². The number of hydrogen-bond donors (Lipinski definition) is 0. The molecular formula is C28H24B2O5. The zero-order valence-electron chi connectivity index (χ0n) is 19.1. The Morgan fingerprint density at radius 3 is 0.829 bits per heavy atom. The van der Waals surface area contributed by atoms with Crippen LogP contribution in [0.15, 0.2) is 121 Å². The van der Waals surface area contributed by atoms with Gasteiger partial charge in [-0.3, -0.25) is 0 Å². The van der Waals surface area contributed by atoms with E-state index >= 15 is 0 Å². The summed E-state index contributed by atoms with van der Waals surface area (Å²) in [7, 11) is -1.89. The predicted molar refractivity (Wildman–Crippen MR) is 134 cm³/mol. The van der Waals surface area contributed by atoms with E-state index in [0.717, 1.165) is 22.3 Å². The highest BCUT2D eigenvalue weighted by Gasteiger charge is 2.50. The molecule has 35 heavy (non-hydrogen) atoms. The van der Waals surface area contributed by atoms with Crippen molar-refractivity contribution in [1.82, 2.24) is 0 Å². The molecule has 2 aliphatic heterocycles. The van der Waals surface area contributed by atoms with Crippen LogP contribution in [0, 0.1) is 0 Å². The number of hydrogen-bond acceptors (Lipinski definition) is 5. The zero-order chi connectivity index (χ0) is 23.5. The third-order valence-electron chi connectivity index (χ3n) is 6.32. The third kappa shape index (κ3) is 4.82. The van der Waals surface area contributed by atoms with Gasteiger partial charge in [-0.25, -0.2) is 0 Å². The van der Waals surface area contributed by atoms with E-state index in [1.807, 2.05) is 121 Å². The summed E-state index contributed by atoms with van der Waals surface area (Å²) < 4.78 is 31.1. The van der Waals surface area contributed by atoms with Gasteiger partial charge in [0.2, 0.25) is 0 Å². The van der Waals surface area contributed by atoms with Crippen LogP contribution in [0.3, 0.4) is 0 Å². The van der Waals surface area contributed by atoms with Gasteiger partial charge >= 0.3 is 14.6 Å². The molecule has 172 valence electrons. The lowest BCUT2D eigenvalue weighted by Gasteiger charge is -2.18. The van der Waals surface area contributed by atoms with Crippen molar-refractivity contribution in [2.75, 3.05) is 0 Å². The lowest BCUT2D eigenvalue weighted by Crippen LogP contribution is -2.32. The van der Waals surface area contributed by atoms with Crippen LogP contribution in [-0.4, -0.2) is 14.6 Å². The lowest BCUT2D eigenvalue weighted by molar-refractivity contribution is 0.159. The summed E-state index contributed by atoms with van der Waals surface area (Å²) in [5.41, 5.74) is 4.07. The van der Waals surface area contributed by atoms with E-state index in [2.05, 4.69) is 0 Å². The fourth-order valence-corrected chi connectivity index (χ4v) is 4.63. The molecule has 7 heteroatoms. The van der Waals surface area contributed by atoms with E-state index in [0.29, 0.717) is 0 Å². The van der Waals surface area contributed by atoms with Crippen molar-refractivity contribution in [3.05, 3.63) is 144 Å². The Morgan fingerprint density at radius 1 is 0.371 bits per heavy atom. The standard InChI is InChI=1S/C28H24B2O5/c1-5-13-21(14-6-1)25-26(22-15-7-2-8-16-22)32-29(31-25)35-30-33-27(23-17-9-3-10-18-23)28(34-30)24-19-11-4-12-20-24/h1-20,25-28H/t25-,26-,27-,28-/m0/s1. The summed E-state index contributed by atoms with van der Waals surface area (Å²) in [4.78, 5) is 0. The highest BCUT2D eigenvalue weighted by atomic mass is 16.8. The summed E-state index contributed by atoms with van der Waals surface area (Å²) in [6, 6.07) is 40.2. The first-order valence-electron chi connectivity index (χ1n) is 11.8. The maximum atomic E-state index is 6.25. The van der Waals surface area contributed by atoms with E-state index < -0.39 is 14.6 Å². The Bertz CT molecular complexity index is 1020. The summed E-state index contributed by atoms with van der Waals surface area (Å²) in [6.45, 7) is 0. The van der Waals surface area contributed by atoms with Crippen LogP contribution < -0.4 is 0 Å². The van der Waals surface area contributed by atoms with Crippen molar-refractivity contribution in [3.8, 4) is 0 Å². The van der Waals surface area contributed by atoms with Gasteiger partial charge in [-0.2, -0.15) is 0 Å². The first-order chi connectivity index (χ1) is 17.3. The molecule has 2 heterocycles. The average Bonchev–Trinajstić information content (AvgIpc) is 3.56. The molecule has 0 radical (unpaired) electrons. The molecule has 0 N–H and O–H groups in total. The van der Waals surface area contributed by atoms with Crippen molar-refractivity contribution in [2.45, 2.75) is 24.4 Å². The van der Waals surface area contributed by atoms with Crippen LogP contribution in [0.5, 0.6) is 0 Å². The van der Waals surface area contributed by atoms with Crippen molar-refractivity contribution in [2.24, 2.45) is 0 Å². The van der Waals surface area contributed by atoms with Crippen LogP contribution in [-0.2, 0) is 23.2 Å². The Labute approximate surface area is 205 Å². The summed E-state index contributed by atoms with van der Waals surface area (Å²) >= 11 is 0. The van der Waals surface area contributed by atoms with Gasteiger partial charge in [0.15, 0.2) is 0 Å². The van der Waals surface area contributed by atoms with E-state index in [4.69, 9.17) is 23.2 Å². The quantitative estimate of drug-likeness (QED) is 0.328. The average molecular weight is 462 g/mol. The SMILES string of the molecule is c1ccc([C@@H]2OB(OB3O[C@@H](c4ccccc4)[C@H](c4ccccc4)O3)O[C@H]2c2ccccc2)cc1. The highest BCUT2D eigenvalue weighted by molar-refractivity contribution is 6.52. The van der Waals surface area contributed by atoms with Crippen LogP contribution >= 0.6 is 0 Å². The Hall–Kier alpha value is -3.19. The Balaban J connectivity index is 1.23. The maximum absolute atomic E-state index is 6.25. The van der Waals surface area contributed by atoms with Gasteiger partial charge in [-0.1, -0.05) is 121 Å². The smallest absolute Gasteiger partial charge is 0.399 e. The predicted octanol–water partition coefficient (Wildman–Crippen LogP) is 6.03.